The number of carbonyl (C=O) groups excluding carboxylic acids is 1. The fourth-order valence-corrected chi connectivity index (χ4v) is 5.84. The van der Waals surface area contributed by atoms with E-state index in [1.807, 2.05) is 61.5 Å². The summed E-state index contributed by atoms with van der Waals surface area (Å²) in [5.41, 5.74) is 5.74. The van der Waals surface area contributed by atoms with Gasteiger partial charge in [-0.3, -0.25) is 14.5 Å². The summed E-state index contributed by atoms with van der Waals surface area (Å²) in [5, 5.41) is 10.2. The number of hydrogen-bond donors (Lipinski definition) is 1. The molecule has 11 heteroatoms. The monoisotopic (exact) mass is 493 g/mol. The molecule has 174 valence electrons. The van der Waals surface area contributed by atoms with Gasteiger partial charge in [0.2, 0.25) is 11.0 Å². The number of anilines is 2. The molecule has 0 bridgehead atoms. The number of fused-ring (bicyclic) bond motifs is 1. The van der Waals surface area contributed by atoms with E-state index in [4.69, 9.17) is 0 Å². The topological polar surface area (TPSA) is 96.2 Å². The summed E-state index contributed by atoms with van der Waals surface area (Å²) >= 11 is 2.92. The van der Waals surface area contributed by atoms with E-state index in [2.05, 4.69) is 20.6 Å². The minimum atomic E-state index is -0.166. The summed E-state index contributed by atoms with van der Waals surface area (Å²) in [4.78, 5) is 33.8. The third-order valence-corrected chi connectivity index (χ3v) is 7.69. The van der Waals surface area contributed by atoms with E-state index in [9.17, 15) is 9.59 Å². The molecule has 1 aliphatic heterocycles. The Labute approximate surface area is 204 Å². The Hall–Kier alpha value is -3.44. The molecule has 9 nitrogen and oxygen atoms in total. The lowest BCUT2D eigenvalue weighted by Crippen LogP contribution is -2.31. The third-order valence-electron chi connectivity index (χ3n) is 5.56. The van der Waals surface area contributed by atoms with Crippen LogP contribution in [0.1, 0.15) is 21.8 Å². The molecule has 0 aliphatic carbocycles. The maximum absolute atomic E-state index is 12.9. The van der Waals surface area contributed by atoms with Gasteiger partial charge in [0.1, 0.15) is 16.2 Å². The summed E-state index contributed by atoms with van der Waals surface area (Å²) in [6.07, 6.45) is 0. The Morgan fingerprint density at radius 3 is 2.62 bits per heavy atom. The first-order valence-corrected chi connectivity index (χ1v) is 12.5. The molecule has 1 unspecified atom stereocenters. The number of nitrogens with zero attached hydrogens (tertiary/aromatic N) is 6. The number of aromatic nitrogens is 4. The van der Waals surface area contributed by atoms with Crippen molar-refractivity contribution in [2.24, 2.45) is 0 Å². The second-order valence-electron chi connectivity index (χ2n) is 8.04. The predicted octanol–water partition coefficient (Wildman–Crippen LogP) is 3.14. The van der Waals surface area contributed by atoms with E-state index in [1.54, 1.807) is 29.7 Å². The number of rotatable bonds is 6. The molecule has 2 aromatic carbocycles. The molecule has 1 fully saturated rings. The lowest BCUT2D eigenvalue weighted by molar-refractivity contribution is -0.115. The summed E-state index contributed by atoms with van der Waals surface area (Å²) in [5.74, 6) is 0.957. The highest BCUT2D eigenvalue weighted by atomic mass is 32.2. The van der Waals surface area contributed by atoms with Crippen molar-refractivity contribution in [3.63, 3.8) is 0 Å². The van der Waals surface area contributed by atoms with Crippen molar-refractivity contribution >= 4 is 50.7 Å². The van der Waals surface area contributed by atoms with Crippen LogP contribution >= 0.6 is 23.1 Å². The highest BCUT2D eigenvalue weighted by Crippen LogP contribution is 2.42. The standard InChI is InChI=1S/C23H23N7O2S2/c1-14-25-18-7-5-4-6-17(18)21(32)30(14)24-12-19-26-27-23(34-19)29-20(31)13-33-22(29)15-8-10-16(11-9-15)28(2)3/h4-11,22,24H,12-13H2,1-3H3. The number of benzene rings is 2. The third kappa shape index (κ3) is 4.12. The zero-order valence-electron chi connectivity index (χ0n) is 18.9. The summed E-state index contributed by atoms with van der Waals surface area (Å²) < 4.78 is 1.43. The fraction of sp³-hybridized carbons (Fsp3) is 0.261. The van der Waals surface area contributed by atoms with Gasteiger partial charge in [0.15, 0.2) is 0 Å². The van der Waals surface area contributed by atoms with E-state index in [-0.39, 0.29) is 23.4 Å². The summed E-state index contributed by atoms with van der Waals surface area (Å²) in [7, 11) is 3.99. The number of carbonyl (C=O) groups is 1. The first kappa shape index (κ1) is 22.4. The molecule has 1 amide bonds. The van der Waals surface area contributed by atoms with Crippen molar-refractivity contribution in [3.05, 3.63) is 75.3 Å². The smallest absolute Gasteiger partial charge is 0.279 e. The molecule has 1 atom stereocenters. The van der Waals surface area contributed by atoms with Gasteiger partial charge in [0, 0.05) is 19.8 Å². The van der Waals surface area contributed by atoms with Crippen LogP contribution in [0.3, 0.4) is 0 Å². The van der Waals surface area contributed by atoms with Crippen LogP contribution in [-0.2, 0) is 11.3 Å². The van der Waals surface area contributed by atoms with Crippen molar-refractivity contribution in [2.75, 3.05) is 35.1 Å². The van der Waals surface area contributed by atoms with Gasteiger partial charge in [-0.05, 0) is 36.8 Å². The molecule has 0 saturated carbocycles. The molecule has 4 aromatic rings. The zero-order chi connectivity index (χ0) is 23.8. The van der Waals surface area contributed by atoms with E-state index in [1.165, 1.54) is 16.0 Å². The van der Waals surface area contributed by atoms with Crippen LogP contribution in [0.25, 0.3) is 10.9 Å². The highest BCUT2D eigenvalue weighted by molar-refractivity contribution is 8.00. The lowest BCUT2D eigenvalue weighted by atomic mass is 10.2. The van der Waals surface area contributed by atoms with E-state index in [0.29, 0.717) is 32.6 Å². The van der Waals surface area contributed by atoms with Crippen molar-refractivity contribution in [3.8, 4) is 0 Å². The highest BCUT2D eigenvalue weighted by Gasteiger charge is 2.36. The molecule has 1 N–H and O–H groups in total. The molecule has 2 aromatic heterocycles. The van der Waals surface area contributed by atoms with Crippen LogP contribution in [-0.4, -0.2) is 45.6 Å². The van der Waals surface area contributed by atoms with Gasteiger partial charge in [-0.15, -0.1) is 22.0 Å². The number of hydrogen-bond acceptors (Lipinski definition) is 9. The number of thioether (sulfide) groups is 1. The first-order chi connectivity index (χ1) is 16.4. The van der Waals surface area contributed by atoms with Crippen LogP contribution in [0.4, 0.5) is 10.8 Å². The van der Waals surface area contributed by atoms with Crippen LogP contribution in [0.5, 0.6) is 0 Å². The van der Waals surface area contributed by atoms with Crippen LogP contribution in [0, 0.1) is 6.92 Å². The number of amides is 1. The number of nitrogens with one attached hydrogen (secondary N) is 1. The SMILES string of the molecule is Cc1nc2ccccc2c(=O)n1NCc1nnc(N2C(=O)CSC2c2ccc(N(C)C)cc2)s1. The molecule has 1 aliphatic rings. The van der Waals surface area contributed by atoms with E-state index >= 15 is 0 Å². The van der Waals surface area contributed by atoms with Crippen LogP contribution in [0.2, 0.25) is 0 Å². The second kappa shape index (κ2) is 9.07. The van der Waals surface area contributed by atoms with Gasteiger partial charge in [0.25, 0.3) is 5.56 Å². The van der Waals surface area contributed by atoms with Gasteiger partial charge >= 0.3 is 0 Å². The maximum Gasteiger partial charge on any atom is 0.279 e. The van der Waals surface area contributed by atoms with Crippen LogP contribution in [0.15, 0.2) is 53.3 Å². The second-order valence-corrected chi connectivity index (χ2v) is 10.2. The first-order valence-electron chi connectivity index (χ1n) is 10.7. The van der Waals surface area contributed by atoms with Gasteiger partial charge in [-0.25, -0.2) is 9.66 Å². The summed E-state index contributed by atoms with van der Waals surface area (Å²) in [6.45, 7) is 2.06. The van der Waals surface area contributed by atoms with Gasteiger partial charge in [-0.1, -0.05) is 35.6 Å². The largest absolute Gasteiger partial charge is 0.378 e. The zero-order valence-corrected chi connectivity index (χ0v) is 20.6. The van der Waals surface area contributed by atoms with E-state index < -0.39 is 0 Å². The van der Waals surface area contributed by atoms with Crippen molar-refractivity contribution < 1.29 is 4.79 Å². The molecule has 1 saturated heterocycles. The molecule has 34 heavy (non-hydrogen) atoms. The molecule has 5 rings (SSSR count). The normalized spacial score (nSPS) is 15.8. The Balaban J connectivity index is 1.35. The Morgan fingerprint density at radius 1 is 1.09 bits per heavy atom. The van der Waals surface area contributed by atoms with Crippen molar-refractivity contribution in [1.29, 1.82) is 0 Å². The summed E-state index contributed by atoms with van der Waals surface area (Å²) in [6, 6.07) is 15.4. The Kier molecular flexibility index (Phi) is 5.96. The minimum Gasteiger partial charge on any atom is -0.378 e. The average Bonchev–Trinajstić information content (AvgIpc) is 3.45. The van der Waals surface area contributed by atoms with Crippen molar-refractivity contribution in [1.82, 2.24) is 19.9 Å². The lowest BCUT2D eigenvalue weighted by Gasteiger charge is -2.22. The predicted molar refractivity (Wildman–Crippen MR) is 137 cm³/mol. The van der Waals surface area contributed by atoms with Gasteiger partial charge < -0.3 is 10.3 Å². The van der Waals surface area contributed by atoms with Gasteiger partial charge in [0.05, 0.1) is 23.2 Å². The molecular weight excluding hydrogens is 470 g/mol. The molecule has 0 radical (unpaired) electrons. The van der Waals surface area contributed by atoms with Crippen molar-refractivity contribution in [2.45, 2.75) is 18.8 Å². The molecule has 0 spiro atoms. The molecule has 3 heterocycles. The number of para-hydroxylation sites is 1. The maximum atomic E-state index is 12.9. The Morgan fingerprint density at radius 2 is 1.85 bits per heavy atom. The van der Waals surface area contributed by atoms with E-state index in [0.717, 1.165) is 11.3 Å². The van der Waals surface area contributed by atoms with Gasteiger partial charge in [-0.2, -0.15) is 0 Å². The fourth-order valence-electron chi connectivity index (χ4n) is 3.80. The average molecular weight is 494 g/mol. The molecular formula is C23H23N7O2S2. The minimum absolute atomic E-state index is 0.00754. The quantitative estimate of drug-likeness (QED) is 0.438. The number of aryl methyl sites for hydroxylation is 1. The Bertz CT molecular complexity index is 1420. The van der Waals surface area contributed by atoms with Crippen LogP contribution < -0.4 is 20.8 Å².